The first-order valence-electron chi connectivity index (χ1n) is 14.5. The van der Waals surface area contributed by atoms with Crippen LogP contribution in [-0.2, 0) is 19.1 Å². The molecule has 4 heteroatoms. The summed E-state index contributed by atoms with van der Waals surface area (Å²) in [5.74, 6) is -0.00602. The van der Waals surface area contributed by atoms with Crippen LogP contribution in [-0.4, -0.2) is 30.6 Å². The number of esters is 1. The van der Waals surface area contributed by atoms with Gasteiger partial charge in [0.05, 0.1) is 6.10 Å². The number of carbonyl (C=O) groups is 2. The molecule has 0 radical (unpaired) electrons. The van der Waals surface area contributed by atoms with Crippen LogP contribution in [0, 0.1) is 5.92 Å². The van der Waals surface area contributed by atoms with Gasteiger partial charge in [0.1, 0.15) is 6.61 Å². The number of hydrogen-bond donors (Lipinski definition) is 0. The van der Waals surface area contributed by atoms with E-state index in [1.807, 2.05) is 6.08 Å². The Morgan fingerprint density at radius 1 is 1.00 bits per heavy atom. The van der Waals surface area contributed by atoms with E-state index in [1.54, 1.807) is 6.08 Å². The topological polar surface area (TPSA) is 52.6 Å². The maximum absolute atomic E-state index is 12.2. The first kappa shape index (κ1) is 29.5. The predicted octanol–water partition coefficient (Wildman–Crippen LogP) is 8.21. The highest BCUT2D eigenvalue weighted by atomic mass is 16.6. The summed E-state index contributed by atoms with van der Waals surface area (Å²) in [4.78, 5) is 24.3. The Labute approximate surface area is 214 Å². The lowest BCUT2D eigenvalue weighted by Gasteiger charge is -2.33. The number of carbonyl (C=O) groups excluding carboxylic acids is 2. The van der Waals surface area contributed by atoms with Crippen molar-refractivity contribution in [2.75, 3.05) is 6.61 Å². The molecule has 3 atom stereocenters. The van der Waals surface area contributed by atoms with Crippen LogP contribution in [0.5, 0.6) is 0 Å². The van der Waals surface area contributed by atoms with E-state index < -0.39 is 6.10 Å². The first-order valence-corrected chi connectivity index (χ1v) is 14.5. The van der Waals surface area contributed by atoms with Crippen molar-refractivity contribution in [1.29, 1.82) is 0 Å². The van der Waals surface area contributed by atoms with E-state index in [0.717, 1.165) is 38.5 Å². The standard InChI is InChI=1S/C31H50O4/c1-3-4-5-6-7-8-9-10-11-12-13-14-15-16-17-22-31(33)34-25-30-28(32)23-24-29(35-30)27-21-19-18-20-26(27)2/h10-11,20,23-24,27,29-30H,3-9,12-19,21-22,25H2,1-2H3/b11-10-/t27?,29-,30+/m0/s1. The summed E-state index contributed by atoms with van der Waals surface area (Å²) in [5.41, 5.74) is 1.33. The molecule has 0 saturated carbocycles. The first-order chi connectivity index (χ1) is 17.1. The summed E-state index contributed by atoms with van der Waals surface area (Å²) in [7, 11) is 0. The third kappa shape index (κ3) is 12.7. The van der Waals surface area contributed by atoms with Crippen molar-refractivity contribution in [3.8, 4) is 0 Å². The summed E-state index contributed by atoms with van der Waals surface area (Å²) in [6.45, 7) is 4.43. The van der Waals surface area contributed by atoms with Gasteiger partial charge < -0.3 is 9.47 Å². The van der Waals surface area contributed by atoms with Crippen molar-refractivity contribution in [2.24, 2.45) is 5.92 Å². The Morgan fingerprint density at radius 2 is 1.66 bits per heavy atom. The molecule has 1 heterocycles. The molecule has 198 valence electrons. The summed E-state index contributed by atoms with van der Waals surface area (Å²) in [5, 5.41) is 0. The normalized spacial score (nSPS) is 22.5. The highest BCUT2D eigenvalue weighted by Gasteiger charge is 2.32. The number of ether oxygens (including phenoxy) is 2. The average Bonchev–Trinajstić information content (AvgIpc) is 2.86. The second-order valence-electron chi connectivity index (χ2n) is 10.4. The zero-order valence-electron chi connectivity index (χ0n) is 22.5. The van der Waals surface area contributed by atoms with Gasteiger partial charge in [0.25, 0.3) is 0 Å². The third-order valence-electron chi connectivity index (χ3n) is 7.29. The highest BCUT2D eigenvalue weighted by Crippen LogP contribution is 2.31. The van der Waals surface area contributed by atoms with Crippen LogP contribution < -0.4 is 0 Å². The summed E-state index contributed by atoms with van der Waals surface area (Å²) >= 11 is 0. The van der Waals surface area contributed by atoms with Gasteiger partial charge in [0.15, 0.2) is 11.9 Å². The number of unbranched alkanes of at least 4 members (excludes halogenated alkanes) is 11. The Balaban J connectivity index is 1.46. The predicted molar refractivity (Wildman–Crippen MR) is 144 cm³/mol. The molecule has 0 amide bonds. The number of ketones is 1. The van der Waals surface area contributed by atoms with Gasteiger partial charge in [-0.3, -0.25) is 9.59 Å². The zero-order valence-corrected chi connectivity index (χ0v) is 22.5. The van der Waals surface area contributed by atoms with E-state index in [0.29, 0.717) is 12.3 Å². The SMILES string of the molecule is CCCCCCCC/C=C\CCCCCCCC(=O)OC[C@H]1O[C@H](C2CCCC=C2C)C=CC1=O. The highest BCUT2D eigenvalue weighted by molar-refractivity contribution is 5.94. The van der Waals surface area contributed by atoms with Gasteiger partial charge in [-0.1, -0.05) is 88.2 Å². The van der Waals surface area contributed by atoms with E-state index in [2.05, 4.69) is 32.1 Å². The van der Waals surface area contributed by atoms with E-state index >= 15 is 0 Å². The lowest BCUT2D eigenvalue weighted by Crippen LogP contribution is -2.39. The Morgan fingerprint density at radius 3 is 2.34 bits per heavy atom. The summed E-state index contributed by atoms with van der Waals surface area (Å²) in [6.07, 6.45) is 29.5. The molecular formula is C31H50O4. The lowest BCUT2D eigenvalue weighted by atomic mass is 9.83. The average molecular weight is 487 g/mol. The van der Waals surface area contributed by atoms with Gasteiger partial charge in [-0.2, -0.15) is 0 Å². The van der Waals surface area contributed by atoms with Crippen LogP contribution in [0.3, 0.4) is 0 Å². The van der Waals surface area contributed by atoms with Crippen LogP contribution in [0.1, 0.15) is 123 Å². The van der Waals surface area contributed by atoms with Gasteiger partial charge in [0, 0.05) is 12.3 Å². The number of rotatable bonds is 18. The molecule has 0 aromatic carbocycles. The quantitative estimate of drug-likeness (QED) is 0.111. The lowest BCUT2D eigenvalue weighted by molar-refractivity contribution is -0.153. The number of allylic oxidation sites excluding steroid dienone is 3. The fourth-order valence-electron chi connectivity index (χ4n) is 5.00. The second-order valence-corrected chi connectivity index (χ2v) is 10.4. The van der Waals surface area contributed by atoms with E-state index in [9.17, 15) is 9.59 Å². The molecule has 0 N–H and O–H groups in total. The molecule has 0 bridgehead atoms. The molecule has 0 aromatic heterocycles. The van der Waals surface area contributed by atoms with Crippen molar-refractivity contribution < 1.29 is 19.1 Å². The Kier molecular flexibility index (Phi) is 15.7. The largest absolute Gasteiger partial charge is 0.462 e. The summed E-state index contributed by atoms with van der Waals surface area (Å²) in [6, 6.07) is 0. The fourth-order valence-corrected chi connectivity index (χ4v) is 5.00. The molecule has 4 nitrogen and oxygen atoms in total. The monoisotopic (exact) mass is 486 g/mol. The Bertz CT molecular complexity index is 690. The van der Waals surface area contributed by atoms with Gasteiger partial charge in [-0.15, -0.1) is 0 Å². The van der Waals surface area contributed by atoms with Crippen molar-refractivity contribution in [3.63, 3.8) is 0 Å². The molecule has 0 aromatic rings. The van der Waals surface area contributed by atoms with Gasteiger partial charge in [0.2, 0.25) is 0 Å². The van der Waals surface area contributed by atoms with Crippen molar-refractivity contribution >= 4 is 11.8 Å². The molecule has 0 saturated heterocycles. The minimum Gasteiger partial charge on any atom is -0.462 e. The van der Waals surface area contributed by atoms with E-state index in [4.69, 9.17) is 9.47 Å². The van der Waals surface area contributed by atoms with Crippen LogP contribution in [0.2, 0.25) is 0 Å². The second kappa shape index (κ2) is 18.6. The number of hydrogen-bond acceptors (Lipinski definition) is 4. The molecule has 0 spiro atoms. The molecular weight excluding hydrogens is 436 g/mol. The molecule has 2 aliphatic rings. The Hall–Kier alpha value is -1.68. The van der Waals surface area contributed by atoms with Crippen molar-refractivity contribution in [2.45, 2.75) is 135 Å². The third-order valence-corrected chi connectivity index (χ3v) is 7.29. The van der Waals surface area contributed by atoms with E-state index in [-0.39, 0.29) is 24.5 Å². The minimum atomic E-state index is -0.669. The van der Waals surface area contributed by atoms with Gasteiger partial charge >= 0.3 is 5.97 Å². The van der Waals surface area contributed by atoms with Gasteiger partial charge in [-0.25, -0.2) is 0 Å². The van der Waals surface area contributed by atoms with Crippen molar-refractivity contribution in [1.82, 2.24) is 0 Å². The smallest absolute Gasteiger partial charge is 0.305 e. The molecule has 1 unspecified atom stereocenters. The van der Waals surface area contributed by atoms with Gasteiger partial charge in [-0.05, 0) is 64.4 Å². The van der Waals surface area contributed by atoms with Crippen LogP contribution in [0.15, 0.2) is 36.0 Å². The van der Waals surface area contributed by atoms with Crippen molar-refractivity contribution in [3.05, 3.63) is 36.0 Å². The van der Waals surface area contributed by atoms with Crippen LogP contribution in [0.25, 0.3) is 0 Å². The summed E-state index contributed by atoms with van der Waals surface area (Å²) < 4.78 is 11.4. The fraction of sp³-hybridized carbons (Fsp3) is 0.742. The van der Waals surface area contributed by atoms with Crippen LogP contribution in [0.4, 0.5) is 0 Å². The van der Waals surface area contributed by atoms with Crippen LogP contribution >= 0.6 is 0 Å². The molecule has 0 fully saturated rings. The molecule has 1 aliphatic heterocycles. The maximum Gasteiger partial charge on any atom is 0.305 e. The molecule has 1 aliphatic carbocycles. The zero-order chi connectivity index (χ0) is 25.1. The maximum atomic E-state index is 12.2. The van der Waals surface area contributed by atoms with E-state index in [1.165, 1.54) is 69.8 Å². The minimum absolute atomic E-state index is 0.0268. The molecule has 2 rings (SSSR count). The molecule has 35 heavy (non-hydrogen) atoms.